The van der Waals surface area contributed by atoms with Gasteiger partial charge in [0, 0.05) is 13.0 Å². The topological polar surface area (TPSA) is 54.7 Å². The Balaban J connectivity index is 1.33. The van der Waals surface area contributed by atoms with E-state index in [1.165, 1.54) is 18.4 Å². The van der Waals surface area contributed by atoms with Gasteiger partial charge in [-0.15, -0.1) is 0 Å². The van der Waals surface area contributed by atoms with Gasteiger partial charge < -0.3 is 14.5 Å². The van der Waals surface area contributed by atoms with Crippen LogP contribution in [0.1, 0.15) is 47.2 Å². The number of benzene rings is 1. The first-order valence-corrected chi connectivity index (χ1v) is 9.05. The maximum Gasteiger partial charge on any atom is 0.287 e. The number of carbonyl (C=O) groups excluding carboxylic acids is 1. The summed E-state index contributed by atoms with van der Waals surface area (Å²) in [7, 11) is 0. The summed E-state index contributed by atoms with van der Waals surface area (Å²) in [6.45, 7) is 5.57. The maximum absolute atomic E-state index is 12.3. The summed E-state index contributed by atoms with van der Waals surface area (Å²) in [6.07, 6.45) is 3.66. The summed E-state index contributed by atoms with van der Waals surface area (Å²) >= 11 is 0. The van der Waals surface area contributed by atoms with Gasteiger partial charge in [-0.1, -0.05) is 12.1 Å². The molecule has 2 aliphatic rings. The van der Waals surface area contributed by atoms with Crippen molar-refractivity contribution in [3.63, 3.8) is 0 Å². The molecular formula is C20H24N2O3. The second-order valence-corrected chi connectivity index (χ2v) is 7.01. The molecular weight excluding hydrogens is 316 g/mol. The van der Waals surface area contributed by atoms with Crippen molar-refractivity contribution >= 4 is 5.91 Å². The average Bonchev–Trinajstić information content (AvgIpc) is 3.33. The van der Waals surface area contributed by atoms with Crippen LogP contribution in [0.3, 0.4) is 0 Å². The lowest BCUT2D eigenvalue weighted by molar-refractivity contribution is 0.0919. The third-order valence-electron chi connectivity index (χ3n) is 4.88. The van der Waals surface area contributed by atoms with Crippen LogP contribution in [0.15, 0.2) is 34.7 Å². The maximum atomic E-state index is 12.3. The monoisotopic (exact) mass is 340 g/mol. The highest BCUT2D eigenvalue weighted by atomic mass is 16.5. The van der Waals surface area contributed by atoms with Crippen molar-refractivity contribution in [1.82, 2.24) is 10.2 Å². The average molecular weight is 340 g/mol. The van der Waals surface area contributed by atoms with E-state index in [2.05, 4.69) is 23.2 Å². The predicted octanol–water partition coefficient (Wildman–Crippen LogP) is 3.13. The molecule has 1 N–H and O–H groups in total. The zero-order valence-corrected chi connectivity index (χ0v) is 14.6. The number of likely N-dealkylation sites (tertiary alicyclic amines) is 1. The second kappa shape index (κ2) is 6.92. The molecule has 0 saturated carbocycles. The number of nitrogens with zero attached hydrogens (tertiary/aromatic N) is 1. The number of hydrogen-bond donors (Lipinski definition) is 1. The van der Waals surface area contributed by atoms with Crippen molar-refractivity contribution < 1.29 is 13.9 Å². The van der Waals surface area contributed by atoms with Crippen LogP contribution in [-0.2, 0) is 19.5 Å². The number of fused-ring (bicyclic) bond motifs is 1. The van der Waals surface area contributed by atoms with Gasteiger partial charge >= 0.3 is 0 Å². The zero-order valence-electron chi connectivity index (χ0n) is 14.6. The third kappa shape index (κ3) is 3.71. The van der Waals surface area contributed by atoms with Gasteiger partial charge in [0.2, 0.25) is 0 Å². The molecule has 4 rings (SSSR count). The molecule has 1 atom stereocenters. The van der Waals surface area contributed by atoms with Gasteiger partial charge in [-0.3, -0.25) is 9.69 Å². The van der Waals surface area contributed by atoms with Gasteiger partial charge in [0.1, 0.15) is 17.6 Å². The Bertz CT molecular complexity index is 762. The highest BCUT2D eigenvalue weighted by Crippen LogP contribution is 2.29. The minimum absolute atomic E-state index is 0.169. The van der Waals surface area contributed by atoms with Crippen LogP contribution in [-0.4, -0.2) is 30.0 Å². The molecule has 1 saturated heterocycles. The Morgan fingerprint density at radius 1 is 1.24 bits per heavy atom. The molecule has 3 heterocycles. The SMILES string of the molecule is CC1Cc2cc(CNC(=O)c3ccc(CN4CCCC4)o3)ccc2O1. The minimum atomic E-state index is -0.169. The highest BCUT2D eigenvalue weighted by molar-refractivity contribution is 5.91. The van der Waals surface area contributed by atoms with Crippen molar-refractivity contribution in [3.8, 4) is 5.75 Å². The number of nitrogens with one attached hydrogen (secondary N) is 1. The predicted molar refractivity (Wildman–Crippen MR) is 94.6 cm³/mol. The van der Waals surface area contributed by atoms with E-state index < -0.39 is 0 Å². The van der Waals surface area contributed by atoms with E-state index in [0.29, 0.717) is 12.3 Å². The molecule has 5 nitrogen and oxygen atoms in total. The number of hydrogen-bond acceptors (Lipinski definition) is 4. The molecule has 0 spiro atoms. The minimum Gasteiger partial charge on any atom is -0.490 e. The number of amides is 1. The van der Waals surface area contributed by atoms with Crippen LogP contribution in [0.2, 0.25) is 0 Å². The van der Waals surface area contributed by atoms with E-state index >= 15 is 0 Å². The van der Waals surface area contributed by atoms with Crippen LogP contribution in [0.5, 0.6) is 5.75 Å². The number of furan rings is 1. The molecule has 1 aromatic heterocycles. The van der Waals surface area contributed by atoms with Crippen LogP contribution >= 0.6 is 0 Å². The fourth-order valence-corrected chi connectivity index (χ4v) is 3.60. The van der Waals surface area contributed by atoms with Gasteiger partial charge in [-0.25, -0.2) is 0 Å². The van der Waals surface area contributed by atoms with E-state index in [0.717, 1.165) is 43.1 Å². The molecule has 1 aromatic carbocycles. The van der Waals surface area contributed by atoms with Crippen LogP contribution in [0.25, 0.3) is 0 Å². The molecule has 25 heavy (non-hydrogen) atoms. The summed E-state index contributed by atoms with van der Waals surface area (Å²) in [6, 6.07) is 9.76. The molecule has 2 aliphatic heterocycles. The summed E-state index contributed by atoms with van der Waals surface area (Å²) in [4.78, 5) is 14.7. The zero-order chi connectivity index (χ0) is 17.2. The third-order valence-corrected chi connectivity index (χ3v) is 4.88. The number of carbonyl (C=O) groups is 1. The van der Waals surface area contributed by atoms with Gasteiger partial charge in [-0.05, 0) is 62.2 Å². The lowest BCUT2D eigenvalue weighted by Crippen LogP contribution is -2.22. The standard InChI is InChI=1S/C20H24N2O3/c1-14-10-16-11-15(4-6-18(16)24-14)12-21-20(23)19-7-5-17(25-19)13-22-8-2-3-9-22/h4-7,11,14H,2-3,8-10,12-13H2,1H3,(H,21,23). The first-order valence-electron chi connectivity index (χ1n) is 9.05. The van der Waals surface area contributed by atoms with Gasteiger partial charge in [0.15, 0.2) is 5.76 Å². The first kappa shape index (κ1) is 16.2. The fraction of sp³-hybridized carbons (Fsp3) is 0.450. The first-order chi connectivity index (χ1) is 12.2. The van der Waals surface area contributed by atoms with Crippen molar-refractivity contribution in [2.24, 2.45) is 0 Å². The molecule has 132 valence electrons. The van der Waals surface area contributed by atoms with Crippen LogP contribution in [0, 0.1) is 0 Å². The number of ether oxygens (including phenoxy) is 1. The quantitative estimate of drug-likeness (QED) is 0.908. The normalized spacial score (nSPS) is 19.6. The largest absolute Gasteiger partial charge is 0.490 e. The van der Waals surface area contributed by atoms with Crippen molar-refractivity contribution in [2.75, 3.05) is 13.1 Å². The number of rotatable bonds is 5. The molecule has 2 aromatic rings. The van der Waals surface area contributed by atoms with E-state index in [1.54, 1.807) is 6.07 Å². The summed E-state index contributed by atoms with van der Waals surface area (Å²) < 4.78 is 11.4. The molecule has 1 unspecified atom stereocenters. The van der Waals surface area contributed by atoms with Crippen LogP contribution in [0.4, 0.5) is 0 Å². The van der Waals surface area contributed by atoms with Crippen molar-refractivity contribution in [2.45, 2.75) is 45.4 Å². The summed E-state index contributed by atoms with van der Waals surface area (Å²) in [5, 5.41) is 2.94. The van der Waals surface area contributed by atoms with Crippen molar-refractivity contribution in [3.05, 3.63) is 53.0 Å². The van der Waals surface area contributed by atoms with E-state index in [-0.39, 0.29) is 12.0 Å². The Morgan fingerprint density at radius 3 is 2.92 bits per heavy atom. The molecule has 1 fully saturated rings. The van der Waals surface area contributed by atoms with E-state index in [1.807, 2.05) is 18.2 Å². The molecule has 1 amide bonds. The smallest absolute Gasteiger partial charge is 0.287 e. The molecule has 0 aliphatic carbocycles. The Kier molecular flexibility index (Phi) is 4.49. The Morgan fingerprint density at radius 2 is 2.08 bits per heavy atom. The fourth-order valence-electron chi connectivity index (χ4n) is 3.60. The van der Waals surface area contributed by atoms with Crippen LogP contribution < -0.4 is 10.1 Å². The van der Waals surface area contributed by atoms with E-state index in [9.17, 15) is 4.79 Å². The highest BCUT2D eigenvalue weighted by Gasteiger charge is 2.19. The second-order valence-electron chi connectivity index (χ2n) is 7.01. The summed E-state index contributed by atoms with van der Waals surface area (Å²) in [5.74, 6) is 2.03. The van der Waals surface area contributed by atoms with Gasteiger partial charge in [-0.2, -0.15) is 0 Å². The Labute approximate surface area is 148 Å². The van der Waals surface area contributed by atoms with Gasteiger partial charge in [0.05, 0.1) is 6.54 Å². The lowest BCUT2D eigenvalue weighted by atomic mass is 10.1. The lowest BCUT2D eigenvalue weighted by Gasteiger charge is -2.11. The van der Waals surface area contributed by atoms with Crippen molar-refractivity contribution in [1.29, 1.82) is 0 Å². The Hall–Kier alpha value is -2.27. The van der Waals surface area contributed by atoms with Gasteiger partial charge in [0.25, 0.3) is 5.91 Å². The molecule has 0 bridgehead atoms. The summed E-state index contributed by atoms with van der Waals surface area (Å²) in [5.41, 5.74) is 2.29. The molecule has 0 radical (unpaired) electrons. The molecule has 5 heteroatoms. The van der Waals surface area contributed by atoms with E-state index in [4.69, 9.17) is 9.15 Å².